The van der Waals surface area contributed by atoms with Gasteiger partial charge in [-0.1, -0.05) is 12.2 Å². The van der Waals surface area contributed by atoms with E-state index in [1.165, 1.54) is 0 Å². The zero-order valence-electron chi connectivity index (χ0n) is 5.81. The standard InChI is InChI=1S/C7H8ClNO2/c8-6-4-1-2-5(3-4)7(6)9(10)11/h1-2,4-7H,3H2. The first kappa shape index (κ1) is 7.10. The highest BCUT2D eigenvalue weighted by molar-refractivity contribution is 6.21. The SMILES string of the molecule is O=[N+]([O-])C1C2C=CC(C2)C1Cl. The molecule has 0 N–H and O–H groups in total. The van der Waals surface area contributed by atoms with Crippen molar-refractivity contribution in [3.63, 3.8) is 0 Å². The van der Waals surface area contributed by atoms with Gasteiger partial charge in [-0.05, 0) is 6.42 Å². The number of hydrogen-bond acceptors (Lipinski definition) is 2. The number of alkyl halides is 1. The maximum absolute atomic E-state index is 10.5. The van der Waals surface area contributed by atoms with Crippen LogP contribution in [0.25, 0.3) is 0 Å². The second-order valence-corrected chi connectivity index (χ2v) is 3.67. The first-order chi connectivity index (χ1) is 5.20. The Hall–Kier alpha value is -0.570. The summed E-state index contributed by atoms with van der Waals surface area (Å²) < 4.78 is 0. The Morgan fingerprint density at radius 2 is 2.09 bits per heavy atom. The lowest BCUT2D eigenvalue weighted by Gasteiger charge is -2.14. The Balaban J connectivity index is 2.25. The molecule has 0 heterocycles. The average Bonchev–Trinajstić information content (AvgIpc) is 2.44. The van der Waals surface area contributed by atoms with E-state index in [-0.39, 0.29) is 22.1 Å². The minimum atomic E-state index is -0.535. The molecular formula is C7H8ClNO2. The number of hydrogen-bond donors (Lipinski definition) is 0. The van der Waals surface area contributed by atoms with Gasteiger partial charge >= 0.3 is 0 Å². The monoisotopic (exact) mass is 173 g/mol. The molecule has 2 rings (SSSR count). The summed E-state index contributed by atoms with van der Waals surface area (Å²) in [5.41, 5.74) is 0. The molecule has 60 valence electrons. The van der Waals surface area contributed by atoms with E-state index in [9.17, 15) is 10.1 Å². The fourth-order valence-corrected chi connectivity index (χ4v) is 2.47. The second kappa shape index (κ2) is 2.21. The fourth-order valence-electron chi connectivity index (χ4n) is 2.01. The van der Waals surface area contributed by atoms with Crippen molar-refractivity contribution in [1.82, 2.24) is 0 Å². The largest absolute Gasteiger partial charge is 0.264 e. The molecule has 0 aromatic heterocycles. The van der Waals surface area contributed by atoms with Gasteiger partial charge in [0.2, 0.25) is 6.04 Å². The van der Waals surface area contributed by atoms with Gasteiger partial charge in [-0.15, -0.1) is 11.6 Å². The van der Waals surface area contributed by atoms with Crippen molar-refractivity contribution >= 4 is 11.6 Å². The zero-order chi connectivity index (χ0) is 8.01. The molecule has 4 unspecified atom stereocenters. The van der Waals surface area contributed by atoms with Crippen molar-refractivity contribution in [3.05, 3.63) is 22.3 Å². The van der Waals surface area contributed by atoms with Crippen molar-refractivity contribution in [2.75, 3.05) is 0 Å². The molecule has 2 aliphatic rings. The summed E-state index contributed by atoms with van der Waals surface area (Å²) in [6, 6.07) is -0.535. The van der Waals surface area contributed by atoms with Crippen LogP contribution < -0.4 is 0 Å². The predicted octanol–water partition coefficient (Wildman–Crippen LogP) is 1.44. The molecule has 3 nitrogen and oxygen atoms in total. The van der Waals surface area contributed by atoms with Crippen LogP contribution in [-0.4, -0.2) is 16.3 Å². The maximum Gasteiger partial charge on any atom is 0.236 e. The van der Waals surface area contributed by atoms with E-state index in [1.807, 2.05) is 12.2 Å². The Labute approximate surface area is 69.2 Å². The van der Waals surface area contributed by atoms with Gasteiger partial charge in [0.1, 0.15) is 5.38 Å². The molecule has 4 atom stereocenters. The number of nitrogens with zero attached hydrogens (tertiary/aromatic N) is 1. The molecule has 0 saturated heterocycles. The topological polar surface area (TPSA) is 43.1 Å². The van der Waals surface area contributed by atoms with E-state index in [1.54, 1.807) is 0 Å². The molecule has 1 fully saturated rings. The Morgan fingerprint density at radius 1 is 1.45 bits per heavy atom. The van der Waals surface area contributed by atoms with Crippen LogP contribution in [0.2, 0.25) is 0 Å². The first-order valence-corrected chi connectivity index (χ1v) is 4.09. The third kappa shape index (κ3) is 0.872. The maximum atomic E-state index is 10.5. The molecule has 11 heavy (non-hydrogen) atoms. The molecule has 0 aromatic carbocycles. The van der Waals surface area contributed by atoms with Crippen LogP contribution in [0.1, 0.15) is 6.42 Å². The minimum Gasteiger partial charge on any atom is -0.264 e. The Morgan fingerprint density at radius 3 is 2.45 bits per heavy atom. The van der Waals surface area contributed by atoms with E-state index >= 15 is 0 Å². The highest BCUT2D eigenvalue weighted by atomic mass is 35.5. The molecule has 0 radical (unpaired) electrons. The summed E-state index contributed by atoms with van der Waals surface area (Å²) in [7, 11) is 0. The lowest BCUT2D eigenvalue weighted by Crippen LogP contribution is -2.33. The van der Waals surface area contributed by atoms with E-state index in [2.05, 4.69) is 0 Å². The van der Waals surface area contributed by atoms with Crippen molar-refractivity contribution in [2.24, 2.45) is 11.8 Å². The fraction of sp³-hybridized carbons (Fsp3) is 0.714. The van der Waals surface area contributed by atoms with Crippen LogP contribution in [0.4, 0.5) is 0 Å². The van der Waals surface area contributed by atoms with E-state index in [0.29, 0.717) is 0 Å². The molecule has 1 saturated carbocycles. The summed E-state index contributed by atoms with van der Waals surface area (Å²) >= 11 is 5.88. The molecule has 0 amide bonds. The molecule has 2 bridgehead atoms. The van der Waals surface area contributed by atoms with Gasteiger partial charge in [-0.2, -0.15) is 0 Å². The first-order valence-electron chi connectivity index (χ1n) is 3.66. The van der Waals surface area contributed by atoms with Gasteiger partial charge in [0, 0.05) is 16.8 Å². The van der Waals surface area contributed by atoms with Crippen molar-refractivity contribution in [3.8, 4) is 0 Å². The number of halogens is 1. The Kier molecular flexibility index (Phi) is 1.42. The van der Waals surface area contributed by atoms with E-state index < -0.39 is 6.04 Å². The van der Waals surface area contributed by atoms with Crippen molar-refractivity contribution in [1.29, 1.82) is 0 Å². The quantitative estimate of drug-likeness (QED) is 0.261. The highest BCUT2D eigenvalue weighted by Crippen LogP contribution is 2.43. The summed E-state index contributed by atoms with van der Waals surface area (Å²) in [5.74, 6) is 0.342. The normalized spacial score (nSPS) is 46.6. The van der Waals surface area contributed by atoms with E-state index in [4.69, 9.17) is 11.6 Å². The lowest BCUT2D eigenvalue weighted by molar-refractivity contribution is -0.525. The summed E-state index contributed by atoms with van der Waals surface area (Å²) in [5, 5.41) is 10.2. The molecule has 0 aromatic rings. The van der Waals surface area contributed by atoms with Gasteiger partial charge in [-0.25, -0.2) is 0 Å². The molecular weight excluding hydrogens is 166 g/mol. The van der Waals surface area contributed by atoms with Gasteiger partial charge in [0.05, 0.1) is 0 Å². The molecule has 2 aliphatic carbocycles. The molecule has 4 heteroatoms. The van der Waals surface area contributed by atoms with E-state index in [0.717, 1.165) is 6.42 Å². The van der Waals surface area contributed by atoms with Crippen LogP contribution in [0, 0.1) is 22.0 Å². The van der Waals surface area contributed by atoms with Gasteiger partial charge in [-0.3, -0.25) is 10.1 Å². The lowest BCUT2D eigenvalue weighted by atomic mass is 10.0. The van der Waals surface area contributed by atoms with Crippen LogP contribution in [-0.2, 0) is 0 Å². The third-order valence-corrected chi connectivity index (χ3v) is 3.15. The van der Waals surface area contributed by atoms with Gasteiger partial charge in [0.25, 0.3) is 0 Å². The molecule has 0 spiro atoms. The van der Waals surface area contributed by atoms with Crippen LogP contribution in [0.15, 0.2) is 12.2 Å². The third-order valence-electron chi connectivity index (χ3n) is 2.57. The van der Waals surface area contributed by atoms with Crippen molar-refractivity contribution < 1.29 is 4.92 Å². The number of fused-ring (bicyclic) bond motifs is 2. The summed E-state index contributed by atoms with van der Waals surface area (Å²) in [4.78, 5) is 10.2. The smallest absolute Gasteiger partial charge is 0.236 e. The van der Waals surface area contributed by atoms with Crippen LogP contribution >= 0.6 is 11.6 Å². The summed E-state index contributed by atoms with van der Waals surface area (Å²) in [6.45, 7) is 0. The van der Waals surface area contributed by atoms with Gasteiger partial charge in [0.15, 0.2) is 0 Å². The van der Waals surface area contributed by atoms with Gasteiger partial charge < -0.3 is 0 Å². The minimum absolute atomic E-state index is 0.0949. The average molecular weight is 174 g/mol. The van der Waals surface area contributed by atoms with Crippen LogP contribution in [0.3, 0.4) is 0 Å². The number of allylic oxidation sites excluding steroid dienone is 1. The second-order valence-electron chi connectivity index (χ2n) is 3.17. The predicted molar refractivity (Wildman–Crippen MR) is 41.2 cm³/mol. The number of nitro groups is 1. The zero-order valence-corrected chi connectivity index (χ0v) is 6.57. The molecule has 0 aliphatic heterocycles. The number of rotatable bonds is 1. The highest BCUT2D eigenvalue weighted by Gasteiger charge is 2.50. The Bertz CT molecular complexity index is 228. The van der Waals surface area contributed by atoms with Crippen molar-refractivity contribution in [2.45, 2.75) is 17.8 Å². The summed E-state index contributed by atoms with van der Waals surface area (Å²) in [6.07, 6.45) is 4.80. The van der Waals surface area contributed by atoms with Crippen LogP contribution in [0.5, 0.6) is 0 Å².